The molecular formula is C14H15N3OS2. The molecule has 0 spiro atoms. The normalized spacial score (nSPS) is 13.8. The predicted octanol–water partition coefficient (Wildman–Crippen LogP) is 2.79. The van der Waals surface area contributed by atoms with Crippen LogP contribution in [0, 0.1) is 0 Å². The number of nitrogens with two attached hydrogens (primary N) is 1. The summed E-state index contributed by atoms with van der Waals surface area (Å²) >= 11 is 3.53. The Morgan fingerprint density at radius 2 is 2.35 bits per heavy atom. The largest absolute Gasteiger partial charge is 0.396 e. The van der Waals surface area contributed by atoms with Crippen molar-refractivity contribution in [2.24, 2.45) is 0 Å². The molecule has 0 fully saturated rings. The third kappa shape index (κ3) is 2.41. The first-order chi connectivity index (χ1) is 9.66. The first-order valence-corrected chi connectivity index (χ1v) is 8.31. The van der Waals surface area contributed by atoms with Crippen molar-refractivity contribution in [1.29, 1.82) is 0 Å². The molecule has 4 nitrogen and oxygen atoms in total. The molecule has 1 amide bonds. The number of carbonyl (C=O) groups is 1. The molecule has 1 aliphatic heterocycles. The second-order valence-corrected chi connectivity index (χ2v) is 6.90. The van der Waals surface area contributed by atoms with E-state index in [4.69, 9.17) is 5.73 Å². The van der Waals surface area contributed by atoms with Crippen LogP contribution in [0.2, 0.25) is 0 Å². The van der Waals surface area contributed by atoms with Gasteiger partial charge in [0.2, 0.25) is 0 Å². The summed E-state index contributed by atoms with van der Waals surface area (Å²) in [5.74, 6) is 2.15. The second-order valence-electron chi connectivity index (χ2n) is 4.66. The van der Waals surface area contributed by atoms with Crippen molar-refractivity contribution < 1.29 is 4.79 Å². The van der Waals surface area contributed by atoms with Gasteiger partial charge in [0.05, 0.1) is 22.4 Å². The minimum absolute atomic E-state index is 0.00713. The molecule has 3 rings (SSSR count). The molecule has 0 saturated carbocycles. The van der Waals surface area contributed by atoms with Crippen molar-refractivity contribution in [3.8, 4) is 0 Å². The average molecular weight is 305 g/mol. The predicted molar refractivity (Wildman–Crippen MR) is 85.6 cm³/mol. The maximum Gasteiger partial charge on any atom is 0.268 e. The van der Waals surface area contributed by atoms with E-state index >= 15 is 0 Å². The van der Waals surface area contributed by atoms with Gasteiger partial charge < -0.3 is 10.6 Å². The van der Waals surface area contributed by atoms with E-state index in [1.807, 2.05) is 17.8 Å². The summed E-state index contributed by atoms with van der Waals surface area (Å²) in [5.41, 5.74) is 8.40. The Hall–Kier alpha value is -1.53. The fourth-order valence-corrected chi connectivity index (χ4v) is 4.58. The van der Waals surface area contributed by atoms with Crippen LogP contribution in [0.1, 0.15) is 20.1 Å². The summed E-state index contributed by atoms with van der Waals surface area (Å²) in [5, 5.41) is 0. The summed E-state index contributed by atoms with van der Waals surface area (Å²) in [6.07, 6.45) is 4.28. The first-order valence-electron chi connectivity index (χ1n) is 6.33. The van der Waals surface area contributed by atoms with Gasteiger partial charge >= 0.3 is 0 Å². The summed E-state index contributed by atoms with van der Waals surface area (Å²) < 4.78 is 0. The van der Waals surface area contributed by atoms with Crippen molar-refractivity contribution in [2.75, 3.05) is 23.4 Å². The molecule has 2 aromatic rings. The van der Waals surface area contributed by atoms with Crippen LogP contribution in [0.3, 0.4) is 0 Å². The quantitative estimate of drug-likeness (QED) is 0.927. The van der Waals surface area contributed by atoms with Gasteiger partial charge in [0.1, 0.15) is 0 Å². The standard InChI is InChI=1S/C14H15N3OS2/c1-17(11-2-4-16-7-10(11)15)14(18)13-6-9-8-19-5-3-12(9)20-13/h2,4,6-7H,3,5,8,15H2,1H3. The van der Waals surface area contributed by atoms with Crippen molar-refractivity contribution >= 4 is 40.4 Å². The average Bonchev–Trinajstić information content (AvgIpc) is 2.90. The van der Waals surface area contributed by atoms with Gasteiger partial charge in [-0.25, -0.2) is 0 Å². The van der Waals surface area contributed by atoms with Crippen LogP contribution in [0.5, 0.6) is 0 Å². The maximum absolute atomic E-state index is 12.6. The number of hydrogen-bond acceptors (Lipinski definition) is 5. The Kier molecular flexibility index (Phi) is 3.67. The fraction of sp³-hybridized carbons (Fsp3) is 0.286. The Morgan fingerprint density at radius 1 is 1.50 bits per heavy atom. The van der Waals surface area contributed by atoms with Crippen LogP contribution >= 0.6 is 23.1 Å². The number of anilines is 2. The summed E-state index contributed by atoms with van der Waals surface area (Å²) in [4.78, 5) is 20.3. The third-order valence-electron chi connectivity index (χ3n) is 3.33. The number of aromatic nitrogens is 1. The zero-order valence-corrected chi connectivity index (χ0v) is 12.8. The molecule has 20 heavy (non-hydrogen) atoms. The third-order valence-corrected chi connectivity index (χ3v) is 5.57. The molecule has 0 atom stereocenters. The van der Waals surface area contributed by atoms with Gasteiger partial charge in [0.25, 0.3) is 5.91 Å². The highest BCUT2D eigenvalue weighted by Gasteiger charge is 2.21. The van der Waals surface area contributed by atoms with E-state index in [1.54, 1.807) is 41.7 Å². The van der Waals surface area contributed by atoms with Gasteiger partial charge in [-0.2, -0.15) is 11.8 Å². The van der Waals surface area contributed by atoms with E-state index in [1.165, 1.54) is 10.4 Å². The van der Waals surface area contributed by atoms with Gasteiger partial charge in [-0.05, 0) is 29.9 Å². The topological polar surface area (TPSA) is 59.2 Å². The number of hydrogen-bond donors (Lipinski definition) is 1. The molecule has 2 aromatic heterocycles. The van der Waals surface area contributed by atoms with E-state index in [0.29, 0.717) is 11.4 Å². The van der Waals surface area contributed by atoms with Gasteiger partial charge in [-0.3, -0.25) is 9.78 Å². The Morgan fingerprint density at radius 3 is 3.10 bits per heavy atom. The summed E-state index contributed by atoms with van der Waals surface area (Å²) in [7, 11) is 1.75. The van der Waals surface area contributed by atoms with Crippen LogP contribution in [0.15, 0.2) is 24.5 Å². The van der Waals surface area contributed by atoms with Crippen LogP contribution in [-0.4, -0.2) is 23.7 Å². The summed E-state index contributed by atoms with van der Waals surface area (Å²) in [6, 6.07) is 3.79. The van der Waals surface area contributed by atoms with E-state index in [-0.39, 0.29) is 5.91 Å². The lowest BCUT2D eigenvalue weighted by molar-refractivity contribution is 0.0997. The molecule has 0 saturated heterocycles. The number of rotatable bonds is 2. The molecule has 0 aliphatic carbocycles. The Labute approximate surface area is 126 Å². The zero-order valence-electron chi connectivity index (χ0n) is 11.1. The van der Waals surface area contributed by atoms with Gasteiger partial charge in [-0.1, -0.05) is 0 Å². The molecule has 2 N–H and O–H groups in total. The van der Waals surface area contributed by atoms with Crippen molar-refractivity contribution in [1.82, 2.24) is 4.98 Å². The number of nitrogen functional groups attached to an aromatic ring is 1. The molecule has 0 radical (unpaired) electrons. The van der Waals surface area contributed by atoms with E-state index in [0.717, 1.165) is 22.8 Å². The number of aryl methyl sites for hydroxylation is 1. The lowest BCUT2D eigenvalue weighted by atomic mass is 10.2. The van der Waals surface area contributed by atoms with Crippen LogP contribution in [0.25, 0.3) is 0 Å². The highest BCUT2D eigenvalue weighted by Crippen LogP contribution is 2.33. The van der Waals surface area contributed by atoms with Gasteiger partial charge in [-0.15, -0.1) is 11.3 Å². The first kappa shape index (κ1) is 13.5. The van der Waals surface area contributed by atoms with E-state index in [2.05, 4.69) is 4.98 Å². The highest BCUT2D eigenvalue weighted by atomic mass is 32.2. The molecule has 104 valence electrons. The fourth-order valence-electron chi connectivity index (χ4n) is 2.23. The lowest BCUT2D eigenvalue weighted by Gasteiger charge is -2.17. The number of thiophene rings is 1. The smallest absolute Gasteiger partial charge is 0.268 e. The lowest BCUT2D eigenvalue weighted by Crippen LogP contribution is -2.26. The van der Waals surface area contributed by atoms with Crippen molar-refractivity contribution in [3.63, 3.8) is 0 Å². The number of amides is 1. The molecule has 0 bridgehead atoms. The molecular weight excluding hydrogens is 290 g/mol. The Bertz CT molecular complexity index is 630. The summed E-state index contributed by atoms with van der Waals surface area (Å²) in [6.45, 7) is 0. The minimum Gasteiger partial charge on any atom is -0.396 e. The molecule has 3 heterocycles. The minimum atomic E-state index is -0.00713. The maximum atomic E-state index is 12.6. The van der Waals surface area contributed by atoms with Gasteiger partial charge in [0.15, 0.2) is 0 Å². The van der Waals surface area contributed by atoms with Crippen LogP contribution in [0.4, 0.5) is 11.4 Å². The zero-order chi connectivity index (χ0) is 14.1. The SMILES string of the molecule is CN(C(=O)c1cc2c(s1)CCSC2)c1ccncc1N. The molecule has 1 aliphatic rings. The number of pyridine rings is 1. The van der Waals surface area contributed by atoms with E-state index in [9.17, 15) is 4.79 Å². The highest BCUT2D eigenvalue weighted by molar-refractivity contribution is 7.98. The van der Waals surface area contributed by atoms with Gasteiger partial charge in [0, 0.05) is 23.9 Å². The van der Waals surface area contributed by atoms with Crippen LogP contribution in [-0.2, 0) is 12.2 Å². The number of carbonyl (C=O) groups excluding carboxylic acids is 1. The molecule has 6 heteroatoms. The number of thioether (sulfide) groups is 1. The number of nitrogens with zero attached hydrogens (tertiary/aromatic N) is 2. The van der Waals surface area contributed by atoms with Crippen LogP contribution < -0.4 is 10.6 Å². The monoisotopic (exact) mass is 305 g/mol. The Balaban J connectivity index is 1.89. The molecule has 0 aromatic carbocycles. The van der Waals surface area contributed by atoms with E-state index < -0.39 is 0 Å². The second kappa shape index (κ2) is 5.46. The number of fused-ring (bicyclic) bond motifs is 1. The van der Waals surface area contributed by atoms with Crippen molar-refractivity contribution in [2.45, 2.75) is 12.2 Å². The van der Waals surface area contributed by atoms with Crippen molar-refractivity contribution in [3.05, 3.63) is 39.8 Å². The molecule has 0 unspecified atom stereocenters.